The first-order valence-electron chi connectivity index (χ1n) is 18.2. The van der Waals surface area contributed by atoms with E-state index in [4.69, 9.17) is 24.7 Å². The quantitative estimate of drug-likeness (QED) is 0.144. The van der Waals surface area contributed by atoms with Crippen molar-refractivity contribution in [2.45, 2.75) is 81.6 Å². The predicted molar refractivity (Wildman–Crippen MR) is 218 cm³/mol. The summed E-state index contributed by atoms with van der Waals surface area (Å²) in [5.41, 5.74) is 18.3. The Bertz CT molecular complexity index is 2040. The van der Waals surface area contributed by atoms with Gasteiger partial charge < -0.3 is 24.7 Å². The van der Waals surface area contributed by atoms with Crippen molar-refractivity contribution in [3.63, 3.8) is 0 Å². The second-order valence-electron chi connectivity index (χ2n) is 15.1. The highest BCUT2D eigenvalue weighted by atomic mass is 16.5. The molecule has 0 amide bonds. The minimum absolute atomic E-state index is 0.265. The molecule has 6 aromatic rings. The Kier molecular flexibility index (Phi) is 10.3. The zero-order valence-corrected chi connectivity index (χ0v) is 32.9. The first-order chi connectivity index (χ1) is 25.1. The van der Waals surface area contributed by atoms with Crippen molar-refractivity contribution in [2.24, 2.45) is 0 Å². The summed E-state index contributed by atoms with van der Waals surface area (Å²) in [6.45, 7) is 23.3. The molecule has 0 aliphatic heterocycles. The van der Waals surface area contributed by atoms with Crippen LogP contribution in [-0.4, -0.2) is 0 Å². The van der Waals surface area contributed by atoms with Crippen LogP contribution >= 0.6 is 0 Å². The van der Waals surface area contributed by atoms with E-state index in [2.05, 4.69) is 111 Å². The van der Waals surface area contributed by atoms with Crippen LogP contribution < -0.4 is 24.7 Å². The summed E-state index contributed by atoms with van der Waals surface area (Å²) in [6, 6.07) is 32.7. The van der Waals surface area contributed by atoms with Crippen LogP contribution in [0, 0.1) is 62.3 Å². The minimum atomic E-state index is -0.265. The van der Waals surface area contributed by atoms with Crippen LogP contribution in [0.5, 0.6) is 46.0 Å². The van der Waals surface area contributed by atoms with E-state index in [1.165, 1.54) is 16.7 Å². The van der Waals surface area contributed by atoms with E-state index in [1.807, 2.05) is 62.4 Å². The Hall–Kier alpha value is -5.68. The normalized spacial score (nSPS) is 11.4. The SMILES string of the molecule is Cc1ccc(Oc2c(C)cc(Oc3c(C)cc(C(C)(C)c4cc(C)c(Oc5cc(C)c(Oc6ccc(N)cc6)c(C)c5)c(C)c4)cc3C)cc2C)cc1. The second kappa shape index (κ2) is 14.7. The fraction of sp³-hybridized carbons (Fsp3) is 0.250. The third-order valence-electron chi connectivity index (χ3n) is 10.0. The number of anilines is 1. The summed E-state index contributed by atoms with van der Waals surface area (Å²) >= 11 is 0. The van der Waals surface area contributed by atoms with Gasteiger partial charge in [0.1, 0.15) is 46.0 Å². The lowest BCUT2D eigenvalue weighted by atomic mass is 9.76. The molecule has 0 unspecified atom stereocenters. The lowest BCUT2D eigenvalue weighted by Crippen LogP contribution is -2.20. The Labute approximate surface area is 315 Å². The Morgan fingerprint density at radius 3 is 0.943 bits per heavy atom. The molecule has 53 heavy (non-hydrogen) atoms. The van der Waals surface area contributed by atoms with Gasteiger partial charge in [0.25, 0.3) is 0 Å². The molecule has 0 spiro atoms. The number of nitrogens with two attached hydrogens (primary N) is 1. The topological polar surface area (TPSA) is 62.9 Å². The van der Waals surface area contributed by atoms with Crippen LogP contribution in [0.2, 0.25) is 0 Å². The molecule has 2 N–H and O–H groups in total. The van der Waals surface area contributed by atoms with Gasteiger partial charge in [-0.2, -0.15) is 0 Å². The van der Waals surface area contributed by atoms with E-state index in [-0.39, 0.29) is 5.41 Å². The van der Waals surface area contributed by atoms with Crippen LogP contribution in [-0.2, 0) is 5.41 Å². The monoisotopic (exact) mass is 705 g/mol. The van der Waals surface area contributed by atoms with Crippen molar-refractivity contribution >= 4 is 5.69 Å². The van der Waals surface area contributed by atoms with Crippen LogP contribution in [0.1, 0.15) is 75.0 Å². The first kappa shape index (κ1) is 37.1. The molecule has 0 aliphatic carbocycles. The third kappa shape index (κ3) is 8.05. The number of hydrogen-bond donors (Lipinski definition) is 1. The molecule has 0 heterocycles. The van der Waals surface area contributed by atoms with Crippen molar-refractivity contribution in [3.8, 4) is 46.0 Å². The summed E-state index contributed by atoms with van der Waals surface area (Å²) in [4.78, 5) is 0. The number of benzene rings is 6. The summed E-state index contributed by atoms with van der Waals surface area (Å²) < 4.78 is 25.6. The van der Waals surface area contributed by atoms with Gasteiger partial charge in [0.05, 0.1) is 0 Å². The van der Waals surface area contributed by atoms with E-state index < -0.39 is 0 Å². The number of nitrogen functional groups attached to an aromatic ring is 1. The maximum Gasteiger partial charge on any atom is 0.133 e. The van der Waals surface area contributed by atoms with E-state index in [9.17, 15) is 0 Å². The highest BCUT2D eigenvalue weighted by Gasteiger charge is 2.27. The molecule has 0 saturated carbocycles. The van der Waals surface area contributed by atoms with Gasteiger partial charge in [-0.25, -0.2) is 0 Å². The van der Waals surface area contributed by atoms with Gasteiger partial charge in [0, 0.05) is 11.1 Å². The highest BCUT2D eigenvalue weighted by molar-refractivity contribution is 5.56. The molecule has 272 valence electrons. The average Bonchev–Trinajstić information content (AvgIpc) is 3.09. The van der Waals surface area contributed by atoms with Gasteiger partial charge in [-0.15, -0.1) is 0 Å². The zero-order valence-electron chi connectivity index (χ0n) is 32.9. The lowest BCUT2D eigenvalue weighted by Gasteiger charge is -2.29. The van der Waals surface area contributed by atoms with E-state index in [0.717, 1.165) is 90.5 Å². The summed E-state index contributed by atoms with van der Waals surface area (Å²) in [7, 11) is 0. The second-order valence-corrected chi connectivity index (χ2v) is 15.1. The smallest absolute Gasteiger partial charge is 0.133 e. The van der Waals surface area contributed by atoms with Crippen LogP contribution in [0.25, 0.3) is 0 Å². The maximum atomic E-state index is 6.58. The fourth-order valence-electron chi connectivity index (χ4n) is 6.99. The molecule has 5 heteroatoms. The van der Waals surface area contributed by atoms with Crippen molar-refractivity contribution in [2.75, 3.05) is 5.73 Å². The molecule has 0 radical (unpaired) electrons. The summed E-state index contributed by atoms with van der Waals surface area (Å²) in [6.07, 6.45) is 0. The van der Waals surface area contributed by atoms with Crippen molar-refractivity contribution in [1.29, 1.82) is 0 Å². The van der Waals surface area contributed by atoms with Gasteiger partial charge in [-0.3, -0.25) is 0 Å². The number of ether oxygens (including phenoxy) is 4. The molecule has 6 aromatic carbocycles. The van der Waals surface area contributed by atoms with Crippen molar-refractivity contribution in [1.82, 2.24) is 0 Å². The van der Waals surface area contributed by atoms with E-state index in [0.29, 0.717) is 5.69 Å². The standard InChI is InChI=1S/C48H51NO4/c1-28-12-16-40(17-13-28)50-46-33(6)24-42(25-34(46)7)52-44-29(2)20-37(21-30(44)3)48(10,11)38-22-31(4)45(32(5)23-38)53-43-26-35(8)47(36(9)27-43)51-41-18-14-39(49)15-19-41/h12-27H,49H2,1-11H3. The Morgan fingerprint density at radius 1 is 0.358 bits per heavy atom. The number of hydrogen-bond acceptors (Lipinski definition) is 5. The highest BCUT2D eigenvalue weighted by Crippen LogP contribution is 2.42. The summed E-state index contributed by atoms with van der Waals surface area (Å²) in [5.74, 6) is 6.57. The van der Waals surface area contributed by atoms with Crippen molar-refractivity contribution < 1.29 is 18.9 Å². The van der Waals surface area contributed by atoms with E-state index >= 15 is 0 Å². The minimum Gasteiger partial charge on any atom is -0.457 e. The zero-order chi connectivity index (χ0) is 38.2. The molecule has 0 fully saturated rings. The van der Waals surface area contributed by atoms with Gasteiger partial charge in [0.15, 0.2) is 0 Å². The predicted octanol–water partition coefficient (Wildman–Crippen LogP) is 13.5. The molecule has 0 saturated heterocycles. The van der Waals surface area contributed by atoms with Gasteiger partial charge in [0.2, 0.25) is 0 Å². The van der Waals surface area contributed by atoms with Crippen molar-refractivity contribution in [3.05, 3.63) is 158 Å². The van der Waals surface area contributed by atoms with Gasteiger partial charge >= 0.3 is 0 Å². The third-order valence-corrected chi connectivity index (χ3v) is 10.0. The summed E-state index contributed by atoms with van der Waals surface area (Å²) in [5, 5.41) is 0. The Balaban J connectivity index is 1.21. The van der Waals surface area contributed by atoms with Crippen LogP contribution in [0.15, 0.2) is 97.1 Å². The van der Waals surface area contributed by atoms with Gasteiger partial charge in [-0.05, 0) is 179 Å². The van der Waals surface area contributed by atoms with Gasteiger partial charge in [-0.1, -0.05) is 55.8 Å². The largest absolute Gasteiger partial charge is 0.457 e. The Morgan fingerprint density at radius 2 is 0.623 bits per heavy atom. The van der Waals surface area contributed by atoms with Crippen LogP contribution in [0.3, 0.4) is 0 Å². The average molecular weight is 706 g/mol. The molecular formula is C48H51NO4. The molecular weight excluding hydrogens is 655 g/mol. The molecule has 0 aromatic heterocycles. The number of rotatable bonds is 10. The fourth-order valence-corrected chi connectivity index (χ4v) is 6.99. The number of aryl methyl sites for hydroxylation is 9. The molecule has 0 bridgehead atoms. The molecule has 0 aliphatic rings. The first-order valence-corrected chi connectivity index (χ1v) is 18.2. The molecule has 5 nitrogen and oxygen atoms in total. The molecule has 0 atom stereocenters. The lowest BCUT2D eigenvalue weighted by molar-refractivity contribution is 0.458. The van der Waals surface area contributed by atoms with E-state index in [1.54, 1.807) is 0 Å². The molecule has 6 rings (SSSR count). The van der Waals surface area contributed by atoms with Crippen LogP contribution in [0.4, 0.5) is 5.69 Å². The maximum absolute atomic E-state index is 6.58.